The largest absolute Gasteiger partial charge is 0.449 e. The molecule has 1 atom stereocenters. The van der Waals surface area contributed by atoms with Gasteiger partial charge in [0.15, 0.2) is 6.10 Å². The fraction of sp³-hybridized carbons (Fsp3) is 0.500. The third-order valence-electron chi connectivity index (χ3n) is 3.51. The van der Waals surface area contributed by atoms with Crippen molar-refractivity contribution in [3.63, 3.8) is 0 Å². The number of likely N-dealkylation sites (N-methyl/N-ethyl adjacent to an activating group) is 1. The first-order valence-electron chi connectivity index (χ1n) is 7.67. The smallest absolute Gasteiger partial charge is 0.338 e. The van der Waals surface area contributed by atoms with Gasteiger partial charge in [-0.05, 0) is 31.2 Å². The number of hydrogen-bond donors (Lipinski definition) is 0. The molecule has 0 saturated heterocycles. The lowest BCUT2D eigenvalue weighted by Gasteiger charge is -2.19. The molecule has 24 heavy (non-hydrogen) atoms. The SMILES string of the molecule is CCN(CC)S(=O)(=O)c1ccc(C(=O)O[C@H](C)C(=O)N(C)C)cc1. The molecule has 1 aromatic carbocycles. The van der Waals surface area contributed by atoms with Gasteiger partial charge in [-0.2, -0.15) is 4.31 Å². The fourth-order valence-electron chi connectivity index (χ4n) is 2.12. The van der Waals surface area contributed by atoms with Crippen molar-refractivity contribution in [3.8, 4) is 0 Å². The van der Waals surface area contributed by atoms with Gasteiger partial charge in [-0.25, -0.2) is 13.2 Å². The number of carbonyl (C=O) groups excluding carboxylic acids is 2. The summed E-state index contributed by atoms with van der Waals surface area (Å²) in [5, 5.41) is 0. The van der Waals surface area contributed by atoms with Crippen molar-refractivity contribution >= 4 is 21.9 Å². The molecule has 134 valence electrons. The summed E-state index contributed by atoms with van der Waals surface area (Å²) in [6.07, 6.45) is -0.911. The lowest BCUT2D eigenvalue weighted by Crippen LogP contribution is -2.34. The van der Waals surface area contributed by atoms with Crippen molar-refractivity contribution in [2.75, 3.05) is 27.2 Å². The van der Waals surface area contributed by atoms with Crippen LogP contribution in [-0.4, -0.2) is 62.8 Å². The second-order valence-corrected chi connectivity index (χ2v) is 7.33. The van der Waals surface area contributed by atoms with Gasteiger partial charge in [0.05, 0.1) is 10.5 Å². The molecular formula is C16H24N2O5S. The van der Waals surface area contributed by atoms with Crippen LogP contribution < -0.4 is 0 Å². The van der Waals surface area contributed by atoms with E-state index in [1.807, 2.05) is 0 Å². The molecule has 0 aliphatic heterocycles. The van der Waals surface area contributed by atoms with Gasteiger partial charge in [0, 0.05) is 27.2 Å². The lowest BCUT2D eigenvalue weighted by atomic mass is 10.2. The molecule has 1 amide bonds. The number of nitrogens with zero attached hydrogens (tertiary/aromatic N) is 2. The summed E-state index contributed by atoms with van der Waals surface area (Å²) in [7, 11) is -0.433. The molecule has 0 N–H and O–H groups in total. The first-order valence-corrected chi connectivity index (χ1v) is 9.11. The van der Waals surface area contributed by atoms with Gasteiger partial charge < -0.3 is 9.64 Å². The maximum Gasteiger partial charge on any atom is 0.338 e. The zero-order valence-corrected chi connectivity index (χ0v) is 15.5. The number of rotatable bonds is 7. The Kier molecular flexibility index (Phi) is 6.92. The Hall–Kier alpha value is -1.93. The Labute approximate surface area is 143 Å². The van der Waals surface area contributed by atoms with Crippen molar-refractivity contribution < 1.29 is 22.7 Å². The van der Waals surface area contributed by atoms with E-state index in [9.17, 15) is 18.0 Å². The zero-order chi connectivity index (χ0) is 18.5. The topological polar surface area (TPSA) is 84.0 Å². The van der Waals surface area contributed by atoms with Crippen LogP contribution in [0, 0.1) is 0 Å². The van der Waals surface area contributed by atoms with Crippen LogP contribution in [0.2, 0.25) is 0 Å². The summed E-state index contributed by atoms with van der Waals surface area (Å²) >= 11 is 0. The van der Waals surface area contributed by atoms with Crippen LogP contribution in [0.15, 0.2) is 29.2 Å². The number of hydrogen-bond acceptors (Lipinski definition) is 5. The number of amides is 1. The Morgan fingerprint density at radius 2 is 1.58 bits per heavy atom. The van der Waals surface area contributed by atoms with Crippen LogP contribution in [0.1, 0.15) is 31.1 Å². The van der Waals surface area contributed by atoms with Gasteiger partial charge in [0.25, 0.3) is 5.91 Å². The monoisotopic (exact) mass is 356 g/mol. The van der Waals surface area contributed by atoms with E-state index in [1.165, 1.54) is 40.4 Å². The molecule has 0 unspecified atom stereocenters. The van der Waals surface area contributed by atoms with Crippen molar-refractivity contribution in [3.05, 3.63) is 29.8 Å². The number of sulfonamides is 1. The van der Waals surface area contributed by atoms with Crippen LogP contribution in [0.3, 0.4) is 0 Å². The highest BCUT2D eigenvalue weighted by atomic mass is 32.2. The Bertz CT molecular complexity index is 679. The molecule has 0 aliphatic rings. The first kappa shape index (κ1) is 20.1. The van der Waals surface area contributed by atoms with Gasteiger partial charge in [0.1, 0.15) is 0 Å². The molecule has 0 bridgehead atoms. The molecule has 1 rings (SSSR count). The van der Waals surface area contributed by atoms with Gasteiger partial charge in [0.2, 0.25) is 10.0 Å². The van der Waals surface area contributed by atoms with E-state index in [2.05, 4.69) is 0 Å². The number of ether oxygens (including phenoxy) is 1. The maximum absolute atomic E-state index is 12.4. The fourth-order valence-corrected chi connectivity index (χ4v) is 3.58. The van der Waals surface area contributed by atoms with E-state index < -0.39 is 22.1 Å². The van der Waals surface area contributed by atoms with E-state index in [0.717, 1.165) is 0 Å². The quantitative estimate of drug-likeness (QED) is 0.689. The molecule has 7 nitrogen and oxygen atoms in total. The van der Waals surface area contributed by atoms with E-state index in [0.29, 0.717) is 13.1 Å². The average Bonchev–Trinajstić information content (AvgIpc) is 2.54. The van der Waals surface area contributed by atoms with Crippen LogP contribution in [0.25, 0.3) is 0 Å². The average molecular weight is 356 g/mol. The van der Waals surface area contributed by atoms with Gasteiger partial charge in [-0.3, -0.25) is 4.79 Å². The summed E-state index contributed by atoms with van der Waals surface area (Å²) in [6, 6.07) is 5.49. The first-order chi connectivity index (χ1) is 11.1. The number of benzene rings is 1. The third kappa shape index (κ3) is 4.55. The van der Waals surface area contributed by atoms with Crippen LogP contribution in [0.4, 0.5) is 0 Å². The molecule has 0 spiro atoms. The normalized spacial score (nSPS) is 12.8. The molecule has 0 fully saturated rings. The van der Waals surface area contributed by atoms with Crippen LogP contribution in [0.5, 0.6) is 0 Å². The highest BCUT2D eigenvalue weighted by molar-refractivity contribution is 7.89. The van der Waals surface area contributed by atoms with Crippen molar-refractivity contribution in [2.24, 2.45) is 0 Å². The second kappa shape index (κ2) is 8.25. The zero-order valence-electron chi connectivity index (χ0n) is 14.6. The minimum absolute atomic E-state index is 0.111. The van der Waals surface area contributed by atoms with Crippen molar-refractivity contribution in [1.82, 2.24) is 9.21 Å². The predicted octanol–water partition coefficient (Wildman–Crippen LogP) is 1.35. The Morgan fingerprint density at radius 3 is 2.00 bits per heavy atom. The van der Waals surface area contributed by atoms with E-state index in [-0.39, 0.29) is 16.4 Å². The molecule has 0 aliphatic carbocycles. The molecule has 0 aromatic heterocycles. The maximum atomic E-state index is 12.4. The Morgan fingerprint density at radius 1 is 1.08 bits per heavy atom. The highest BCUT2D eigenvalue weighted by Gasteiger charge is 2.23. The molecule has 0 saturated carbocycles. The van der Waals surface area contributed by atoms with Gasteiger partial charge in [-0.15, -0.1) is 0 Å². The van der Waals surface area contributed by atoms with Crippen LogP contribution in [-0.2, 0) is 19.6 Å². The molecular weight excluding hydrogens is 332 g/mol. The molecule has 1 aromatic rings. The van der Waals surface area contributed by atoms with Gasteiger partial charge in [-0.1, -0.05) is 13.8 Å². The second-order valence-electron chi connectivity index (χ2n) is 5.39. The van der Waals surface area contributed by atoms with Crippen molar-refractivity contribution in [1.29, 1.82) is 0 Å². The number of carbonyl (C=O) groups is 2. The summed E-state index contributed by atoms with van der Waals surface area (Å²) < 4.78 is 31.2. The minimum Gasteiger partial charge on any atom is -0.449 e. The Balaban J connectivity index is 2.92. The standard InChI is InChI=1S/C16H24N2O5S/c1-6-18(7-2)24(21,22)14-10-8-13(9-11-14)16(20)23-12(3)15(19)17(4)5/h8-12H,6-7H2,1-5H3/t12-/m1/s1. The van der Waals surface area contributed by atoms with Gasteiger partial charge >= 0.3 is 5.97 Å². The van der Waals surface area contributed by atoms with E-state index >= 15 is 0 Å². The molecule has 0 radical (unpaired) electrons. The van der Waals surface area contributed by atoms with E-state index in [4.69, 9.17) is 4.74 Å². The lowest BCUT2D eigenvalue weighted by molar-refractivity contribution is -0.137. The molecule has 0 heterocycles. The van der Waals surface area contributed by atoms with E-state index in [1.54, 1.807) is 27.9 Å². The summed E-state index contributed by atoms with van der Waals surface area (Å²) in [4.78, 5) is 25.2. The minimum atomic E-state index is -3.57. The summed E-state index contributed by atoms with van der Waals surface area (Å²) in [6.45, 7) is 5.74. The number of esters is 1. The van der Waals surface area contributed by atoms with Crippen LogP contribution >= 0.6 is 0 Å². The van der Waals surface area contributed by atoms with Crippen molar-refractivity contribution in [2.45, 2.75) is 31.8 Å². The summed E-state index contributed by atoms with van der Waals surface area (Å²) in [5.41, 5.74) is 0.187. The highest BCUT2D eigenvalue weighted by Crippen LogP contribution is 2.17. The molecule has 8 heteroatoms. The predicted molar refractivity (Wildman–Crippen MR) is 90.1 cm³/mol. The summed E-state index contributed by atoms with van der Waals surface area (Å²) in [5.74, 6) is -1.01. The third-order valence-corrected chi connectivity index (χ3v) is 5.57.